The number of hydrogen-bond acceptors (Lipinski definition) is 5. The van der Waals surface area contributed by atoms with Gasteiger partial charge < -0.3 is 4.90 Å². The lowest BCUT2D eigenvalue weighted by molar-refractivity contribution is -0.384. The summed E-state index contributed by atoms with van der Waals surface area (Å²) in [5.41, 5.74) is 2.34. The molecule has 0 amide bonds. The van der Waals surface area contributed by atoms with Gasteiger partial charge in [-0.25, -0.2) is 0 Å². The lowest BCUT2D eigenvalue weighted by atomic mass is 10.2. The van der Waals surface area contributed by atoms with E-state index in [2.05, 4.69) is 28.3 Å². The summed E-state index contributed by atoms with van der Waals surface area (Å²) >= 11 is 0. The maximum atomic E-state index is 10.6. The molecule has 0 saturated heterocycles. The van der Waals surface area contributed by atoms with Crippen molar-refractivity contribution in [3.8, 4) is 0 Å². The molecule has 2 rings (SSSR count). The van der Waals surface area contributed by atoms with Gasteiger partial charge in [-0.05, 0) is 36.4 Å². The fourth-order valence-electron chi connectivity index (χ4n) is 2.08. The standard InChI is InChI=1S/C18H18N4O2/c1-3-13-21(14-4-2)17-9-5-15(6-10-17)19-20-16-7-11-18(12-8-16)22(23)24/h3-12H,1-2,13-14H2. The first kappa shape index (κ1) is 17.1. The number of nitro groups is 1. The molecule has 0 bridgehead atoms. The van der Waals surface area contributed by atoms with Crippen LogP contribution in [0.15, 0.2) is 84.1 Å². The van der Waals surface area contributed by atoms with Gasteiger partial charge in [0.2, 0.25) is 0 Å². The zero-order valence-electron chi connectivity index (χ0n) is 13.2. The Kier molecular flexibility index (Phi) is 5.96. The molecule has 0 N–H and O–H groups in total. The molecule has 2 aromatic rings. The van der Waals surface area contributed by atoms with Crippen LogP contribution in [0.4, 0.5) is 22.7 Å². The molecule has 6 heteroatoms. The molecule has 0 aliphatic heterocycles. The number of azo groups is 1. The summed E-state index contributed by atoms with van der Waals surface area (Å²) < 4.78 is 0. The maximum absolute atomic E-state index is 10.6. The van der Waals surface area contributed by atoms with Crippen LogP contribution in [-0.4, -0.2) is 18.0 Å². The van der Waals surface area contributed by atoms with E-state index >= 15 is 0 Å². The monoisotopic (exact) mass is 322 g/mol. The zero-order valence-corrected chi connectivity index (χ0v) is 13.2. The predicted molar refractivity (Wildman–Crippen MR) is 96.3 cm³/mol. The van der Waals surface area contributed by atoms with Crippen molar-refractivity contribution in [2.45, 2.75) is 0 Å². The average molecular weight is 322 g/mol. The third-order valence-electron chi connectivity index (χ3n) is 3.26. The highest BCUT2D eigenvalue weighted by molar-refractivity contribution is 5.53. The van der Waals surface area contributed by atoms with Gasteiger partial charge in [0.15, 0.2) is 0 Å². The van der Waals surface area contributed by atoms with Crippen molar-refractivity contribution in [3.05, 3.63) is 84.0 Å². The van der Waals surface area contributed by atoms with Crippen LogP contribution in [-0.2, 0) is 0 Å². The van der Waals surface area contributed by atoms with E-state index in [0.717, 1.165) is 18.8 Å². The van der Waals surface area contributed by atoms with Crippen molar-refractivity contribution < 1.29 is 4.92 Å². The van der Waals surface area contributed by atoms with E-state index in [1.54, 1.807) is 12.1 Å². The Balaban J connectivity index is 2.08. The van der Waals surface area contributed by atoms with Crippen molar-refractivity contribution in [3.63, 3.8) is 0 Å². The molecule has 0 heterocycles. The predicted octanol–water partition coefficient (Wildman–Crippen LogP) is 5.19. The topological polar surface area (TPSA) is 71.1 Å². The fraction of sp³-hybridized carbons (Fsp3) is 0.111. The Morgan fingerprint density at radius 3 is 1.79 bits per heavy atom. The number of hydrogen-bond donors (Lipinski definition) is 0. The number of non-ortho nitro benzene ring substituents is 1. The molecule has 0 radical (unpaired) electrons. The quantitative estimate of drug-likeness (QED) is 0.290. The van der Waals surface area contributed by atoms with Crippen molar-refractivity contribution in [2.24, 2.45) is 10.2 Å². The van der Waals surface area contributed by atoms with E-state index in [1.165, 1.54) is 12.1 Å². The summed E-state index contributed by atoms with van der Waals surface area (Å²) in [5, 5.41) is 18.8. The van der Waals surface area contributed by atoms with E-state index in [1.807, 2.05) is 36.4 Å². The molecule has 122 valence electrons. The second-order valence-electron chi connectivity index (χ2n) is 4.97. The normalized spacial score (nSPS) is 10.5. The van der Waals surface area contributed by atoms with Gasteiger partial charge in [0, 0.05) is 30.9 Å². The minimum Gasteiger partial charge on any atom is -0.364 e. The van der Waals surface area contributed by atoms with Crippen LogP contribution in [0.25, 0.3) is 0 Å². The first-order valence-corrected chi connectivity index (χ1v) is 7.37. The fourth-order valence-corrected chi connectivity index (χ4v) is 2.08. The molecule has 0 aromatic heterocycles. The molecule has 24 heavy (non-hydrogen) atoms. The highest BCUT2D eigenvalue weighted by Gasteiger charge is 2.04. The summed E-state index contributed by atoms with van der Waals surface area (Å²) in [6.45, 7) is 8.97. The molecule has 0 unspecified atom stereocenters. The molecular weight excluding hydrogens is 304 g/mol. The van der Waals surface area contributed by atoms with Crippen LogP contribution in [0.1, 0.15) is 0 Å². The first-order chi connectivity index (χ1) is 11.6. The summed E-state index contributed by atoms with van der Waals surface area (Å²) in [4.78, 5) is 12.3. The SMILES string of the molecule is C=CCN(CC=C)c1ccc(N=Nc2ccc([N+](=O)[O-])cc2)cc1. The van der Waals surface area contributed by atoms with E-state index in [4.69, 9.17) is 0 Å². The Labute approximate surface area is 140 Å². The van der Waals surface area contributed by atoms with Crippen LogP contribution in [0.5, 0.6) is 0 Å². The molecule has 0 aliphatic rings. The van der Waals surface area contributed by atoms with Crippen LogP contribution in [0.2, 0.25) is 0 Å². The Morgan fingerprint density at radius 1 is 0.917 bits per heavy atom. The summed E-state index contributed by atoms with van der Waals surface area (Å²) in [6.07, 6.45) is 3.68. The zero-order chi connectivity index (χ0) is 17.4. The van der Waals surface area contributed by atoms with Gasteiger partial charge in [0.25, 0.3) is 5.69 Å². The van der Waals surface area contributed by atoms with E-state index < -0.39 is 4.92 Å². The number of rotatable bonds is 8. The van der Waals surface area contributed by atoms with Crippen LogP contribution in [0, 0.1) is 10.1 Å². The van der Waals surface area contributed by atoms with Gasteiger partial charge in [-0.2, -0.15) is 10.2 Å². The smallest absolute Gasteiger partial charge is 0.269 e. The van der Waals surface area contributed by atoms with Gasteiger partial charge in [-0.3, -0.25) is 10.1 Å². The number of nitro benzene ring substituents is 1. The Hall–Kier alpha value is -3.28. The third kappa shape index (κ3) is 4.61. The third-order valence-corrected chi connectivity index (χ3v) is 3.26. The molecule has 0 atom stereocenters. The number of benzene rings is 2. The second kappa shape index (κ2) is 8.38. The van der Waals surface area contributed by atoms with E-state index in [0.29, 0.717) is 11.4 Å². The minimum atomic E-state index is -0.447. The van der Waals surface area contributed by atoms with Crippen molar-refractivity contribution in [1.29, 1.82) is 0 Å². The number of anilines is 1. The van der Waals surface area contributed by atoms with Crippen LogP contribution < -0.4 is 4.90 Å². The lowest BCUT2D eigenvalue weighted by Crippen LogP contribution is -2.22. The van der Waals surface area contributed by atoms with Crippen LogP contribution >= 0.6 is 0 Å². The Morgan fingerprint density at radius 2 is 1.38 bits per heavy atom. The molecule has 0 saturated carbocycles. The summed E-state index contributed by atoms with van der Waals surface area (Å²) in [5.74, 6) is 0. The van der Waals surface area contributed by atoms with Crippen molar-refractivity contribution >= 4 is 22.7 Å². The van der Waals surface area contributed by atoms with E-state index in [9.17, 15) is 10.1 Å². The number of nitrogens with zero attached hydrogens (tertiary/aromatic N) is 4. The second-order valence-corrected chi connectivity index (χ2v) is 4.97. The molecule has 0 spiro atoms. The molecular formula is C18H18N4O2. The maximum Gasteiger partial charge on any atom is 0.269 e. The summed E-state index contributed by atoms with van der Waals surface area (Å²) in [6, 6.07) is 13.6. The van der Waals surface area contributed by atoms with Gasteiger partial charge >= 0.3 is 0 Å². The average Bonchev–Trinajstić information content (AvgIpc) is 2.60. The van der Waals surface area contributed by atoms with E-state index in [-0.39, 0.29) is 5.69 Å². The van der Waals surface area contributed by atoms with Gasteiger partial charge in [-0.1, -0.05) is 12.2 Å². The van der Waals surface area contributed by atoms with Gasteiger partial charge in [0.1, 0.15) is 0 Å². The molecule has 6 nitrogen and oxygen atoms in total. The molecule has 0 aliphatic carbocycles. The Bertz CT molecular complexity index is 727. The van der Waals surface area contributed by atoms with Crippen molar-refractivity contribution in [1.82, 2.24) is 0 Å². The largest absolute Gasteiger partial charge is 0.364 e. The highest BCUT2D eigenvalue weighted by Crippen LogP contribution is 2.23. The van der Waals surface area contributed by atoms with Gasteiger partial charge in [0.05, 0.1) is 16.3 Å². The first-order valence-electron chi connectivity index (χ1n) is 7.37. The minimum absolute atomic E-state index is 0.0304. The van der Waals surface area contributed by atoms with Crippen LogP contribution in [0.3, 0.4) is 0 Å². The van der Waals surface area contributed by atoms with Gasteiger partial charge in [-0.15, -0.1) is 13.2 Å². The highest BCUT2D eigenvalue weighted by atomic mass is 16.6. The summed E-state index contributed by atoms with van der Waals surface area (Å²) in [7, 11) is 0. The lowest BCUT2D eigenvalue weighted by Gasteiger charge is -2.21. The molecule has 2 aromatic carbocycles. The molecule has 0 fully saturated rings. The van der Waals surface area contributed by atoms with Crippen molar-refractivity contribution in [2.75, 3.05) is 18.0 Å².